The minimum atomic E-state index is -0.414. The molecule has 1 fully saturated rings. The van der Waals surface area contributed by atoms with Crippen molar-refractivity contribution < 1.29 is 14.6 Å². The first-order valence-electron chi connectivity index (χ1n) is 7.25. The normalized spacial score (nSPS) is 19.4. The summed E-state index contributed by atoms with van der Waals surface area (Å²) in [5.41, 5.74) is -0.414. The number of ether oxygens (including phenoxy) is 1. The van der Waals surface area contributed by atoms with Crippen LogP contribution in [0.3, 0.4) is 0 Å². The van der Waals surface area contributed by atoms with Crippen molar-refractivity contribution in [2.24, 2.45) is 5.92 Å². The van der Waals surface area contributed by atoms with E-state index in [0.717, 1.165) is 25.7 Å². The fourth-order valence-electron chi connectivity index (χ4n) is 2.40. The van der Waals surface area contributed by atoms with Gasteiger partial charge in [0.05, 0.1) is 24.8 Å². The molecule has 5 heteroatoms. The number of carbonyl (C=O) groups is 1. The number of carbonyl (C=O) groups excluding carboxylic acids is 1. The molecular formula is C14H28N2O3. The van der Waals surface area contributed by atoms with Crippen LogP contribution in [0.25, 0.3) is 0 Å². The molecule has 1 aliphatic rings. The summed E-state index contributed by atoms with van der Waals surface area (Å²) >= 11 is 0. The first kappa shape index (κ1) is 16.2. The lowest BCUT2D eigenvalue weighted by atomic mass is 9.99. The van der Waals surface area contributed by atoms with Gasteiger partial charge in [0.2, 0.25) is 0 Å². The van der Waals surface area contributed by atoms with Crippen LogP contribution < -0.4 is 10.6 Å². The van der Waals surface area contributed by atoms with Gasteiger partial charge in [-0.2, -0.15) is 0 Å². The Morgan fingerprint density at radius 3 is 2.42 bits per heavy atom. The highest BCUT2D eigenvalue weighted by Gasteiger charge is 2.34. The zero-order valence-corrected chi connectivity index (χ0v) is 12.4. The Balaban J connectivity index is 2.26. The van der Waals surface area contributed by atoms with Crippen molar-refractivity contribution >= 4 is 6.03 Å². The predicted molar refractivity (Wildman–Crippen MR) is 75.1 cm³/mol. The summed E-state index contributed by atoms with van der Waals surface area (Å²) < 4.78 is 5.49. The largest absolute Gasteiger partial charge is 0.394 e. The Bertz CT molecular complexity index is 276. The summed E-state index contributed by atoms with van der Waals surface area (Å²) in [4.78, 5) is 11.9. The second-order valence-electron chi connectivity index (χ2n) is 6.08. The van der Waals surface area contributed by atoms with E-state index in [1.54, 1.807) is 0 Å². The molecule has 0 aromatic heterocycles. The SMILES string of the molecule is CC(C)COC[C@H](C)NC(=O)NC1(CO)CCCC1. The van der Waals surface area contributed by atoms with E-state index in [-0.39, 0.29) is 18.7 Å². The molecule has 1 atom stereocenters. The maximum atomic E-state index is 11.9. The zero-order chi connectivity index (χ0) is 14.3. The molecule has 5 nitrogen and oxygen atoms in total. The van der Waals surface area contributed by atoms with Gasteiger partial charge in [0.15, 0.2) is 0 Å². The average Bonchev–Trinajstić information content (AvgIpc) is 2.77. The van der Waals surface area contributed by atoms with Crippen molar-refractivity contribution in [3.63, 3.8) is 0 Å². The smallest absolute Gasteiger partial charge is 0.315 e. The van der Waals surface area contributed by atoms with Gasteiger partial charge >= 0.3 is 6.03 Å². The first-order chi connectivity index (χ1) is 8.97. The summed E-state index contributed by atoms with van der Waals surface area (Å²) in [7, 11) is 0. The molecule has 112 valence electrons. The van der Waals surface area contributed by atoms with Crippen LogP contribution in [0.15, 0.2) is 0 Å². The van der Waals surface area contributed by atoms with Gasteiger partial charge in [-0.1, -0.05) is 26.7 Å². The van der Waals surface area contributed by atoms with Gasteiger partial charge in [-0.3, -0.25) is 0 Å². The fraction of sp³-hybridized carbons (Fsp3) is 0.929. The lowest BCUT2D eigenvalue weighted by molar-refractivity contribution is 0.0942. The topological polar surface area (TPSA) is 70.6 Å². The number of hydrogen-bond acceptors (Lipinski definition) is 3. The van der Waals surface area contributed by atoms with Crippen molar-refractivity contribution in [1.29, 1.82) is 0 Å². The number of aliphatic hydroxyl groups is 1. The van der Waals surface area contributed by atoms with Crippen molar-refractivity contribution in [2.75, 3.05) is 19.8 Å². The number of aliphatic hydroxyl groups excluding tert-OH is 1. The maximum absolute atomic E-state index is 11.9. The summed E-state index contributed by atoms with van der Waals surface area (Å²) in [5, 5.41) is 15.2. The first-order valence-corrected chi connectivity index (χ1v) is 7.25. The molecule has 0 radical (unpaired) electrons. The Labute approximate surface area is 116 Å². The van der Waals surface area contributed by atoms with Crippen LogP contribution in [-0.2, 0) is 4.74 Å². The molecule has 0 saturated heterocycles. The third-order valence-electron chi connectivity index (χ3n) is 3.44. The van der Waals surface area contributed by atoms with E-state index < -0.39 is 5.54 Å². The highest BCUT2D eigenvalue weighted by Crippen LogP contribution is 2.28. The van der Waals surface area contributed by atoms with Crippen molar-refractivity contribution in [2.45, 2.75) is 58.0 Å². The van der Waals surface area contributed by atoms with Crippen LogP contribution >= 0.6 is 0 Å². The lowest BCUT2D eigenvalue weighted by Crippen LogP contribution is -2.54. The molecule has 0 aromatic rings. The van der Waals surface area contributed by atoms with Crippen molar-refractivity contribution in [1.82, 2.24) is 10.6 Å². The molecule has 0 heterocycles. The van der Waals surface area contributed by atoms with Crippen LogP contribution in [-0.4, -0.2) is 42.5 Å². The van der Waals surface area contributed by atoms with Gasteiger partial charge in [-0.05, 0) is 25.7 Å². The molecule has 19 heavy (non-hydrogen) atoms. The molecular weight excluding hydrogens is 244 g/mol. The van der Waals surface area contributed by atoms with E-state index in [2.05, 4.69) is 24.5 Å². The quantitative estimate of drug-likeness (QED) is 0.660. The number of amides is 2. The van der Waals surface area contributed by atoms with Gasteiger partial charge in [-0.25, -0.2) is 4.79 Å². The van der Waals surface area contributed by atoms with Gasteiger partial charge in [0.25, 0.3) is 0 Å². The molecule has 3 N–H and O–H groups in total. The van der Waals surface area contributed by atoms with E-state index in [0.29, 0.717) is 19.1 Å². The molecule has 0 unspecified atom stereocenters. The Kier molecular flexibility index (Phi) is 6.58. The second kappa shape index (κ2) is 7.70. The number of nitrogens with one attached hydrogen (secondary N) is 2. The van der Waals surface area contributed by atoms with Gasteiger partial charge in [-0.15, -0.1) is 0 Å². The summed E-state index contributed by atoms with van der Waals surface area (Å²) in [6.07, 6.45) is 3.84. The molecule has 1 rings (SSSR count). The van der Waals surface area contributed by atoms with E-state index >= 15 is 0 Å². The number of hydrogen-bond donors (Lipinski definition) is 3. The van der Waals surface area contributed by atoms with E-state index in [9.17, 15) is 9.90 Å². The summed E-state index contributed by atoms with van der Waals surface area (Å²) in [6.45, 7) is 7.33. The standard InChI is InChI=1S/C14H28N2O3/c1-11(2)8-19-9-12(3)15-13(18)16-14(10-17)6-4-5-7-14/h11-12,17H,4-10H2,1-3H3,(H2,15,16,18)/t12-/m0/s1. The zero-order valence-electron chi connectivity index (χ0n) is 12.4. The Hall–Kier alpha value is -0.810. The molecule has 0 aliphatic heterocycles. The van der Waals surface area contributed by atoms with Gasteiger partial charge in [0.1, 0.15) is 0 Å². The minimum Gasteiger partial charge on any atom is -0.394 e. The van der Waals surface area contributed by atoms with E-state index in [1.165, 1.54) is 0 Å². The molecule has 0 bridgehead atoms. The minimum absolute atomic E-state index is 0.0125. The van der Waals surface area contributed by atoms with Gasteiger partial charge < -0.3 is 20.5 Å². The van der Waals surface area contributed by atoms with Crippen LogP contribution in [0.1, 0.15) is 46.5 Å². The maximum Gasteiger partial charge on any atom is 0.315 e. The Morgan fingerprint density at radius 2 is 1.89 bits per heavy atom. The Morgan fingerprint density at radius 1 is 1.26 bits per heavy atom. The van der Waals surface area contributed by atoms with Crippen molar-refractivity contribution in [3.05, 3.63) is 0 Å². The highest BCUT2D eigenvalue weighted by atomic mass is 16.5. The monoisotopic (exact) mass is 272 g/mol. The highest BCUT2D eigenvalue weighted by molar-refractivity contribution is 5.75. The van der Waals surface area contributed by atoms with Gasteiger partial charge in [0, 0.05) is 6.61 Å². The fourth-order valence-corrected chi connectivity index (χ4v) is 2.40. The molecule has 1 saturated carbocycles. The third-order valence-corrected chi connectivity index (χ3v) is 3.44. The molecule has 0 aromatic carbocycles. The molecule has 1 aliphatic carbocycles. The number of rotatable bonds is 7. The van der Waals surface area contributed by atoms with Crippen LogP contribution in [0.2, 0.25) is 0 Å². The number of urea groups is 1. The average molecular weight is 272 g/mol. The molecule has 2 amide bonds. The van der Waals surface area contributed by atoms with Crippen LogP contribution in [0.5, 0.6) is 0 Å². The van der Waals surface area contributed by atoms with Crippen LogP contribution in [0.4, 0.5) is 4.79 Å². The molecule has 0 spiro atoms. The third kappa shape index (κ3) is 5.78. The predicted octanol–water partition coefficient (Wildman–Crippen LogP) is 1.65. The van der Waals surface area contributed by atoms with Crippen LogP contribution in [0, 0.1) is 5.92 Å². The summed E-state index contributed by atoms with van der Waals surface area (Å²) in [6, 6.07) is -0.243. The second-order valence-corrected chi connectivity index (χ2v) is 6.08. The van der Waals surface area contributed by atoms with E-state index in [4.69, 9.17) is 4.74 Å². The summed E-state index contributed by atoms with van der Waals surface area (Å²) in [5.74, 6) is 0.497. The van der Waals surface area contributed by atoms with Crippen molar-refractivity contribution in [3.8, 4) is 0 Å². The van der Waals surface area contributed by atoms with E-state index in [1.807, 2.05) is 6.92 Å². The lowest BCUT2D eigenvalue weighted by Gasteiger charge is -2.29.